The first-order chi connectivity index (χ1) is 11.5. The van der Waals surface area contributed by atoms with Crippen molar-refractivity contribution >= 4 is 23.9 Å². The Morgan fingerprint density at radius 2 is 1.96 bits per heavy atom. The molecular weight excluding hydrogens is 332 g/mol. The number of carbonyl (C=O) groups is 4. The number of nitrogens with one attached hydrogen (secondary N) is 1. The summed E-state index contributed by atoms with van der Waals surface area (Å²) in [6, 6.07) is -1.08. The average Bonchev–Trinajstić information content (AvgIpc) is 2.49. The van der Waals surface area contributed by atoms with E-state index < -0.39 is 47.7 Å². The number of carbonyl (C=O) groups excluding carboxylic acids is 4. The van der Waals surface area contributed by atoms with Crippen LogP contribution in [0.4, 0.5) is 4.79 Å². The van der Waals surface area contributed by atoms with Gasteiger partial charge in [-0.15, -0.1) is 6.58 Å². The van der Waals surface area contributed by atoms with Crippen LogP contribution < -0.4 is 5.32 Å². The molecule has 1 aliphatic heterocycles. The van der Waals surface area contributed by atoms with Crippen LogP contribution in [0.2, 0.25) is 0 Å². The molecule has 140 valence electrons. The van der Waals surface area contributed by atoms with Gasteiger partial charge in [0.05, 0.1) is 13.0 Å². The maximum atomic E-state index is 12.3. The zero-order valence-electron chi connectivity index (χ0n) is 15.0. The second kappa shape index (κ2) is 8.00. The first kappa shape index (κ1) is 20.5. The number of alkyl carbamates (subject to hydrolysis) is 1. The maximum Gasteiger partial charge on any atom is 0.408 e. The number of amides is 2. The van der Waals surface area contributed by atoms with Crippen LogP contribution in [0, 0.1) is 5.92 Å². The van der Waals surface area contributed by atoms with Crippen LogP contribution in [-0.2, 0) is 28.6 Å². The van der Waals surface area contributed by atoms with Gasteiger partial charge in [0, 0.05) is 13.5 Å². The molecule has 1 heterocycles. The molecule has 1 aliphatic rings. The molecule has 25 heavy (non-hydrogen) atoms. The minimum absolute atomic E-state index is 0.0839. The van der Waals surface area contributed by atoms with Crippen molar-refractivity contribution in [1.29, 1.82) is 0 Å². The highest BCUT2D eigenvalue weighted by molar-refractivity contribution is 5.93. The van der Waals surface area contributed by atoms with Gasteiger partial charge in [-0.2, -0.15) is 0 Å². The standard InChI is InChI=1S/C16H24N2O7/c1-7-10(14(21)23-6)8-18-12(20)11(13(18)24-9(2)19)17-15(22)25-16(3,4)5/h7,10-11,13H,1,8H2,2-6H3,(H,17,22)/t10-,11-,13+/m1/s1. The van der Waals surface area contributed by atoms with Crippen molar-refractivity contribution < 1.29 is 33.4 Å². The highest BCUT2D eigenvalue weighted by Gasteiger charge is 2.52. The summed E-state index contributed by atoms with van der Waals surface area (Å²) >= 11 is 0. The van der Waals surface area contributed by atoms with Crippen LogP contribution >= 0.6 is 0 Å². The van der Waals surface area contributed by atoms with E-state index >= 15 is 0 Å². The van der Waals surface area contributed by atoms with Crippen molar-refractivity contribution in [2.24, 2.45) is 5.92 Å². The molecule has 0 spiro atoms. The molecule has 0 unspecified atom stereocenters. The second-order valence-corrected chi connectivity index (χ2v) is 6.48. The summed E-state index contributed by atoms with van der Waals surface area (Å²) in [6.45, 7) is 9.65. The average molecular weight is 356 g/mol. The Balaban J connectivity index is 2.83. The largest absolute Gasteiger partial charge is 0.469 e. The van der Waals surface area contributed by atoms with E-state index in [-0.39, 0.29) is 6.54 Å². The number of likely N-dealkylation sites (tertiary alicyclic amines) is 1. The molecule has 0 bridgehead atoms. The number of esters is 2. The van der Waals surface area contributed by atoms with E-state index in [1.54, 1.807) is 20.8 Å². The number of ether oxygens (including phenoxy) is 3. The molecule has 1 fully saturated rings. The van der Waals surface area contributed by atoms with E-state index in [1.165, 1.54) is 20.1 Å². The van der Waals surface area contributed by atoms with Crippen LogP contribution in [0.1, 0.15) is 27.7 Å². The number of hydrogen-bond donors (Lipinski definition) is 1. The third-order valence-corrected chi connectivity index (χ3v) is 3.28. The van der Waals surface area contributed by atoms with Crippen molar-refractivity contribution in [3.05, 3.63) is 12.7 Å². The number of nitrogens with zero attached hydrogens (tertiary/aromatic N) is 1. The van der Waals surface area contributed by atoms with E-state index in [2.05, 4.69) is 16.6 Å². The lowest BCUT2D eigenvalue weighted by molar-refractivity contribution is -0.191. The van der Waals surface area contributed by atoms with Crippen molar-refractivity contribution in [2.75, 3.05) is 13.7 Å². The molecule has 0 aromatic carbocycles. The van der Waals surface area contributed by atoms with Crippen molar-refractivity contribution in [3.63, 3.8) is 0 Å². The lowest BCUT2D eigenvalue weighted by atomic mass is 10.0. The lowest BCUT2D eigenvalue weighted by Crippen LogP contribution is -2.72. The molecule has 9 nitrogen and oxygen atoms in total. The molecule has 0 aliphatic carbocycles. The summed E-state index contributed by atoms with van der Waals surface area (Å²) in [5.41, 5.74) is -0.744. The second-order valence-electron chi connectivity index (χ2n) is 6.48. The lowest BCUT2D eigenvalue weighted by Gasteiger charge is -2.46. The molecule has 0 aromatic heterocycles. The zero-order chi connectivity index (χ0) is 19.4. The van der Waals surface area contributed by atoms with E-state index in [9.17, 15) is 19.2 Å². The Bertz CT molecular complexity index is 567. The summed E-state index contributed by atoms with van der Waals surface area (Å²) < 4.78 is 14.8. The zero-order valence-corrected chi connectivity index (χ0v) is 15.0. The van der Waals surface area contributed by atoms with Crippen molar-refractivity contribution in [2.45, 2.75) is 45.6 Å². The molecule has 2 amide bonds. The molecule has 1 saturated heterocycles. The predicted octanol–water partition coefficient (Wildman–Crippen LogP) is 0.586. The normalized spacial score (nSPS) is 20.8. The fraction of sp³-hybridized carbons (Fsp3) is 0.625. The van der Waals surface area contributed by atoms with Gasteiger partial charge in [-0.25, -0.2) is 4.79 Å². The molecule has 0 saturated carbocycles. The Morgan fingerprint density at radius 3 is 2.40 bits per heavy atom. The highest BCUT2D eigenvalue weighted by Crippen LogP contribution is 2.24. The van der Waals surface area contributed by atoms with Crippen LogP contribution in [-0.4, -0.2) is 60.4 Å². The van der Waals surface area contributed by atoms with Crippen molar-refractivity contribution in [3.8, 4) is 0 Å². The van der Waals surface area contributed by atoms with Crippen LogP contribution in [0.5, 0.6) is 0 Å². The summed E-state index contributed by atoms with van der Waals surface area (Å²) in [7, 11) is 1.22. The minimum Gasteiger partial charge on any atom is -0.469 e. The first-order valence-electron chi connectivity index (χ1n) is 7.67. The molecule has 1 rings (SSSR count). The smallest absolute Gasteiger partial charge is 0.408 e. The third-order valence-electron chi connectivity index (χ3n) is 3.28. The summed E-state index contributed by atoms with van der Waals surface area (Å²) in [5.74, 6) is -2.50. The Labute approximate surface area is 146 Å². The van der Waals surface area contributed by atoms with E-state index in [4.69, 9.17) is 9.47 Å². The minimum atomic E-state index is -1.08. The SMILES string of the molecule is C=C[C@H](CN1C(=O)[C@@H](NC(=O)OC(C)(C)C)[C@@H]1OC(C)=O)C(=O)OC. The highest BCUT2D eigenvalue weighted by atomic mass is 16.6. The van der Waals surface area contributed by atoms with Gasteiger partial charge < -0.3 is 24.4 Å². The van der Waals surface area contributed by atoms with Crippen molar-refractivity contribution in [1.82, 2.24) is 10.2 Å². The van der Waals surface area contributed by atoms with Gasteiger partial charge in [0.2, 0.25) is 6.23 Å². The van der Waals surface area contributed by atoms with Gasteiger partial charge in [-0.1, -0.05) is 6.08 Å². The molecule has 1 N–H and O–H groups in total. The predicted molar refractivity (Wildman–Crippen MR) is 86.1 cm³/mol. The van der Waals surface area contributed by atoms with E-state index in [0.717, 1.165) is 4.90 Å². The van der Waals surface area contributed by atoms with Gasteiger partial charge in [0.15, 0.2) is 6.04 Å². The number of rotatable bonds is 6. The molecule has 9 heteroatoms. The maximum absolute atomic E-state index is 12.3. The number of β-lactam (4-membered cyclic amide) rings is 1. The number of methoxy groups -OCH3 is 1. The van der Waals surface area contributed by atoms with Gasteiger partial charge in [-0.3, -0.25) is 14.4 Å². The van der Waals surface area contributed by atoms with E-state index in [1.807, 2.05) is 0 Å². The summed E-state index contributed by atoms with van der Waals surface area (Å²) in [6.07, 6.45) is -0.515. The van der Waals surface area contributed by atoms with Crippen LogP contribution in [0.15, 0.2) is 12.7 Å². The Morgan fingerprint density at radius 1 is 1.36 bits per heavy atom. The van der Waals surface area contributed by atoms with Crippen LogP contribution in [0.3, 0.4) is 0 Å². The molecular formula is C16H24N2O7. The fourth-order valence-electron chi connectivity index (χ4n) is 2.20. The molecule has 0 aromatic rings. The number of hydrogen-bond acceptors (Lipinski definition) is 7. The van der Waals surface area contributed by atoms with Gasteiger partial charge in [0.1, 0.15) is 5.60 Å². The van der Waals surface area contributed by atoms with Gasteiger partial charge in [0.25, 0.3) is 5.91 Å². The first-order valence-corrected chi connectivity index (χ1v) is 7.67. The summed E-state index contributed by atoms with van der Waals surface area (Å²) in [4.78, 5) is 48.2. The quantitative estimate of drug-likeness (QED) is 0.321. The summed E-state index contributed by atoms with van der Waals surface area (Å²) in [5, 5.41) is 2.37. The topological polar surface area (TPSA) is 111 Å². The fourth-order valence-corrected chi connectivity index (χ4v) is 2.20. The van der Waals surface area contributed by atoms with E-state index in [0.29, 0.717) is 0 Å². The molecule has 3 atom stereocenters. The molecule has 0 radical (unpaired) electrons. The Kier molecular flexibility index (Phi) is 6.55. The van der Waals surface area contributed by atoms with Crippen LogP contribution in [0.25, 0.3) is 0 Å². The van der Waals surface area contributed by atoms with Gasteiger partial charge in [-0.05, 0) is 20.8 Å². The third kappa shape index (κ3) is 5.47. The van der Waals surface area contributed by atoms with Gasteiger partial charge >= 0.3 is 18.0 Å². The Hall–Kier alpha value is -2.58. The monoisotopic (exact) mass is 356 g/mol.